The summed E-state index contributed by atoms with van der Waals surface area (Å²) in [6.07, 6.45) is 6.19. The number of hydrogen-bond donors (Lipinski definition) is 1. The van der Waals surface area contributed by atoms with Gasteiger partial charge in [0.25, 0.3) is 0 Å². The van der Waals surface area contributed by atoms with Gasteiger partial charge in [0.05, 0.1) is 22.9 Å². The quantitative estimate of drug-likeness (QED) is 0.413. The van der Waals surface area contributed by atoms with Crippen LogP contribution in [0.15, 0.2) is 53.4 Å². The zero-order valence-corrected chi connectivity index (χ0v) is 17.0. The molecule has 0 heterocycles. The van der Waals surface area contributed by atoms with Crippen molar-refractivity contribution >= 4 is 23.6 Å². The molecule has 1 saturated carbocycles. The van der Waals surface area contributed by atoms with E-state index in [1.807, 2.05) is 18.2 Å². The molecule has 3 rings (SSSR count). The van der Waals surface area contributed by atoms with Crippen molar-refractivity contribution in [2.24, 2.45) is 5.92 Å². The van der Waals surface area contributed by atoms with E-state index in [4.69, 9.17) is 10.00 Å². The minimum atomic E-state index is -0.486. The molecule has 2 aromatic carbocycles. The third kappa shape index (κ3) is 6.37. The summed E-state index contributed by atoms with van der Waals surface area (Å²) in [5.74, 6) is 0.719. The van der Waals surface area contributed by atoms with Crippen molar-refractivity contribution in [1.29, 1.82) is 5.26 Å². The van der Waals surface area contributed by atoms with E-state index in [-0.39, 0.29) is 11.7 Å². The number of rotatable bonds is 7. The highest BCUT2D eigenvalue weighted by atomic mass is 32.2. The van der Waals surface area contributed by atoms with Crippen LogP contribution in [-0.2, 0) is 4.79 Å². The summed E-state index contributed by atoms with van der Waals surface area (Å²) < 4.78 is 5.41. The highest BCUT2D eigenvalue weighted by Crippen LogP contribution is 2.25. The van der Waals surface area contributed by atoms with Crippen molar-refractivity contribution in [1.82, 2.24) is 5.32 Å². The molecule has 0 spiro atoms. The third-order valence-electron chi connectivity index (χ3n) is 4.97. The van der Waals surface area contributed by atoms with Crippen LogP contribution in [0.25, 0.3) is 0 Å². The predicted molar refractivity (Wildman–Crippen MR) is 113 cm³/mol. The van der Waals surface area contributed by atoms with Crippen molar-refractivity contribution < 1.29 is 14.3 Å². The van der Waals surface area contributed by atoms with Crippen LogP contribution in [0.5, 0.6) is 5.75 Å². The molecule has 150 valence electrons. The Morgan fingerprint density at radius 2 is 1.79 bits per heavy atom. The highest BCUT2D eigenvalue weighted by Gasteiger charge is 2.17. The Kier molecular flexibility index (Phi) is 7.71. The third-order valence-corrected chi connectivity index (χ3v) is 6.05. The molecule has 1 aliphatic carbocycles. The SMILES string of the molecule is N#Cc1ccc(OC(=O)c2ccccc2SCC(=O)NCC2CCCCC2)cc1. The molecule has 1 aliphatic rings. The number of amides is 1. The molecule has 1 amide bonds. The summed E-state index contributed by atoms with van der Waals surface area (Å²) in [6.45, 7) is 0.738. The fourth-order valence-electron chi connectivity index (χ4n) is 3.36. The van der Waals surface area contributed by atoms with Crippen molar-refractivity contribution in [3.8, 4) is 11.8 Å². The molecule has 0 atom stereocenters. The smallest absolute Gasteiger partial charge is 0.344 e. The van der Waals surface area contributed by atoms with Crippen LogP contribution < -0.4 is 10.1 Å². The van der Waals surface area contributed by atoms with E-state index >= 15 is 0 Å². The standard InChI is InChI=1S/C23H24N2O3S/c24-14-17-10-12-19(13-11-17)28-23(27)20-8-4-5-9-21(20)29-16-22(26)25-15-18-6-2-1-3-7-18/h4-5,8-13,18H,1-3,6-7,15-16H2,(H,25,26). The number of carbonyl (C=O) groups is 2. The van der Waals surface area contributed by atoms with Gasteiger partial charge >= 0.3 is 5.97 Å². The van der Waals surface area contributed by atoms with Gasteiger partial charge in [0.15, 0.2) is 0 Å². The maximum atomic E-state index is 12.6. The second-order valence-electron chi connectivity index (χ2n) is 7.12. The Morgan fingerprint density at radius 1 is 1.07 bits per heavy atom. The molecule has 1 N–H and O–H groups in total. The lowest BCUT2D eigenvalue weighted by molar-refractivity contribution is -0.118. The molecular formula is C23H24N2O3S. The molecule has 29 heavy (non-hydrogen) atoms. The Bertz CT molecular complexity index is 884. The first-order valence-electron chi connectivity index (χ1n) is 9.86. The first-order chi connectivity index (χ1) is 14.2. The van der Waals surface area contributed by atoms with Crippen LogP contribution in [0.4, 0.5) is 0 Å². The topological polar surface area (TPSA) is 79.2 Å². The van der Waals surface area contributed by atoms with Crippen LogP contribution >= 0.6 is 11.8 Å². The number of esters is 1. The molecule has 2 aromatic rings. The van der Waals surface area contributed by atoms with E-state index in [2.05, 4.69) is 5.32 Å². The monoisotopic (exact) mass is 408 g/mol. The predicted octanol–water partition coefficient (Wildman–Crippen LogP) is 4.57. The molecule has 5 nitrogen and oxygen atoms in total. The summed E-state index contributed by atoms with van der Waals surface area (Å²) in [5, 5.41) is 11.9. The second-order valence-corrected chi connectivity index (χ2v) is 8.14. The minimum absolute atomic E-state index is 0.0177. The van der Waals surface area contributed by atoms with Crippen molar-refractivity contribution in [2.45, 2.75) is 37.0 Å². The van der Waals surface area contributed by atoms with E-state index in [0.29, 0.717) is 27.7 Å². The molecule has 6 heteroatoms. The zero-order chi connectivity index (χ0) is 20.5. The number of nitrogens with zero attached hydrogens (tertiary/aromatic N) is 1. The summed E-state index contributed by atoms with van der Waals surface area (Å²) in [7, 11) is 0. The number of carbonyl (C=O) groups excluding carboxylic acids is 2. The summed E-state index contributed by atoms with van der Waals surface area (Å²) in [4.78, 5) is 25.5. The first-order valence-corrected chi connectivity index (χ1v) is 10.8. The Labute approximate surface area is 175 Å². The van der Waals surface area contributed by atoms with Crippen LogP contribution in [0.1, 0.15) is 48.0 Å². The molecular weight excluding hydrogens is 384 g/mol. The fourth-order valence-corrected chi connectivity index (χ4v) is 4.23. The Hall–Kier alpha value is -2.78. The maximum absolute atomic E-state index is 12.6. The van der Waals surface area contributed by atoms with Gasteiger partial charge in [0, 0.05) is 11.4 Å². The maximum Gasteiger partial charge on any atom is 0.344 e. The minimum Gasteiger partial charge on any atom is -0.423 e. The molecule has 1 fully saturated rings. The summed E-state index contributed by atoms with van der Waals surface area (Å²) >= 11 is 1.33. The fraction of sp³-hybridized carbons (Fsp3) is 0.348. The van der Waals surface area contributed by atoms with Crippen molar-refractivity contribution in [3.05, 3.63) is 59.7 Å². The molecule has 0 radical (unpaired) electrons. The number of thioether (sulfide) groups is 1. The average Bonchev–Trinajstić information content (AvgIpc) is 2.77. The van der Waals surface area contributed by atoms with E-state index in [1.165, 1.54) is 43.9 Å². The van der Waals surface area contributed by atoms with Gasteiger partial charge < -0.3 is 10.1 Å². The lowest BCUT2D eigenvalue weighted by atomic mass is 9.89. The van der Waals surface area contributed by atoms with Gasteiger partial charge in [-0.2, -0.15) is 5.26 Å². The number of hydrogen-bond acceptors (Lipinski definition) is 5. The average molecular weight is 409 g/mol. The first kappa shape index (κ1) is 20.9. The van der Waals surface area contributed by atoms with Crippen LogP contribution in [0, 0.1) is 17.2 Å². The van der Waals surface area contributed by atoms with E-state index in [0.717, 1.165) is 6.54 Å². The van der Waals surface area contributed by atoms with E-state index in [1.54, 1.807) is 36.4 Å². The second kappa shape index (κ2) is 10.7. The van der Waals surface area contributed by atoms with Crippen molar-refractivity contribution in [2.75, 3.05) is 12.3 Å². The van der Waals surface area contributed by atoms with Gasteiger partial charge in [0.2, 0.25) is 5.91 Å². The van der Waals surface area contributed by atoms with E-state index < -0.39 is 5.97 Å². The molecule has 0 aliphatic heterocycles. The van der Waals surface area contributed by atoms with Crippen molar-refractivity contribution in [3.63, 3.8) is 0 Å². The van der Waals surface area contributed by atoms with Gasteiger partial charge in [-0.15, -0.1) is 11.8 Å². The lowest BCUT2D eigenvalue weighted by Crippen LogP contribution is -2.31. The normalized spacial score (nSPS) is 14.0. The number of nitriles is 1. The lowest BCUT2D eigenvalue weighted by Gasteiger charge is -2.21. The number of nitrogens with one attached hydrogen (secondary N) is 1. The number of ether oxygens (including phenoxy) is 1. The Balaban J connectivity index is 1.54. The highest BCUT2D eigenvalue weighted by molar-refractivity contribution is 8.00. The van der Waals surface area contributed by atoms with Gasteiger partial charge in [-0.3, -0.25) is 4.79 Å². The molecule has 0 saturated heterocycles. The van der Waals surface area contributed by atoms with Gasteiger partial charge in [-0.05, 0) is 55.2 Å². The summed E-state index contributed by atoms with van der Waals surface area (Å²) in [5.41, 5.74) is 0.918. The summed E-state index contributed by atoms with van der Waals surface area (Å²) in [6, 6.07) is 15.5. The van der Waals surface area contributed by atoms with Gasteiger partial charge in [0.1, 0.15) is 5.75 Å². The number of benzene rings is 2. The molecule has 0 aromatic heterocycles. The molecule has 0 bridgehead atoms. The van der Waals surface area contributed by atoms with Gasteiger partial charge in [-0.1, -0.05) is 31.4 Å². The zero-order valence-electron chi connectivity index (χ0n) is 16.2. The molecule has 0 unspecified atom stereocenters. The van der Waals surface area contributed by atoms with Crippen LogP contribution in [0.3, 0.4) is 0 Å². The Morgan fingerprint density at radius 3 is 2.52 bits per heavy atom. The van der Waals surface area contributed by atoms with Crippen LogP contribution in [-0.4, -0.2) is 24.2 Å². The van der Waals surface area contributed by atoms with E-state index in [9.17, 15) is 9.59 Å². The van der Waals surface area contributed by atoms with Gasteiger partial charge in [-0.25, -0.2) is 4.79 Å². The van der Waals surface area contributed by atoms with Crippen LogP contribution in [0.2, 0.25) is 0 Å². The largest absolute Gasteiger partial charge is 0.423 e.